The third-order valence-corrected chi connectivity index (χ3v) is 3.60. The van der Waals surface area contributed by atoms with Crippen LogP contribution >= 0.6 is 0 Å². The van der Waals surface area contributed by atoms with Crippen molar-refractivity contribution in [3.63, 3.8) is 0 Å². The van der Waals surface area contributed by atoms with Gasteiger partial charge in [0.25, 0.3) is 5.91 Å². The third kappa shape index (κ3) is 6.63. The minimum Gasteiger partial charge on any atom is -0.484 e. The van der Waals surface area contributed by atoms with Crippen LogP contribution in [0, 0.1) is 5.92 Å². The Balaban J connectivity index is 2.37. The first-order valence-electron chi connectivity index (χ1n) is 7.67. The molecular formula is C17H27NO3. The molecule has 21 heavy (non-hydrogen) atoms. The number of amides is 1. The SMILES string of the molecule is CCC(CCO)CNC(=O)COc1cccc(C(C)C)c1. The van der Waals surface area contributed by atoms with Crippen LogP contribution < -0.4 is 10.1 Å². The number of hydrogen-bond donors (Lipinski definition) is 2. The molecule has 0 bridgehead atoms. The Labute approximate surface area is 127 Å². The second kappa shape index (κ2) is 9.40. The van der Waals surface area contributed by atoms with Crippen LogP contribution in [0.3, 0.4) is 0 Å². The molecule has 1 amide bonds. The minimum absolute atomic E-state index is 0.0249. The Hall–Kier alpha value is -1.55. The van der Waals surface area contributed by atoms with Crippen molar-refractivity contribution in [2.24, 2.45) is 5.92 Å². The number of aliphatic hydroxyl groups is 1. The number of benzene rings is 1. The van der Waals surface area contributed by atoms with E-state index in [1.54, 1.807) is 0 Å². The fraction of sp³-hybridized carbons (Fsp3) is 0.588. The lowest BCUT2D eigenvalue weighted by atomic mass is 10.0. The first-order valence-corrected chi connectivity index (χ1v) is 7.67. The van der Waals surface area contributed by atoms with Crippen molar-refractivity contribution < 1.29 is 14.6 Å². The maximum Gasteiger partial charge on any atom is 0.257 e. The fourth-order valence-electron chi connectivity index (χ4n) is 2.05. The van der Waals surface area contributed by atoms with Crippen molar-refractivity contribution >= 4 is 5.91 Å². The molecule has 0 aromatic heterocycles. The van der Waals surface area contributed by atoms with Crippen molar-refractivity contribution in [3.8, 4) is 5.75 Å². The number of hydrogen-bond acceptors (Lipinski definition) is 3. The first kappa shape index (κ1) is 17.5. The maximum absolute atomic E-state index is 11.8. The highest BCUT2D eigenvalue weighted by Crippen LogP contribution is 2.19. The van der Waals surface area contributed by atoms with Crippen LogP contribution in [0.4, 0.5) is 0 Å². The molecule has 0 saturated heterocycles. The van der Waals surface area contributed by atoms with Gasteiger partial charge in [0.15, 0.2) is 6.61 Å². The van der Waals surface area contributed by atoms with E-state index >= 15 is 0 Å². The molecule has 0 aliphatic rings. The molecule has 0 aliphatic carbocycles. The molecule has 1 rings (SSSR count). The monoisotopic (exact) mass is 293 g/mol. The lowest BCUT2D eigenvalue weighted by Crippen LogP contribution is -2.33. The van der Waals surface area contributed by atoms with Gasteiger partial charge in [0, 0.05) is 13.2 Å². The van der Waals surface area contributed by atoms with Crippen LogP contribution in [0.5, 0.6) is 5.75 Å². The average Bonchev–Trinajstić information content (AvgIpc) is 2.49. The summed E-state index contributed by atoms with van der Waals surface area (Å²) >= 11 is 0. The lowest BCUT2D eigenvalue weighted by molar-refractivity contribution is -0.123. The van der Waals surface area contributed by atoms with Crippen LogP contribution in [-0.4, -0.2) is 30.8 Å². The topological polar surface area (TPSA) is 58.6 Å². The largest absolute Gasteiger partial charge is 0.484 e. The minimum atomic E-state index is -0.124. The summed E-state index contributed by atoms with van der Waals surface area (Å²) in [5.41, 5.74) is 1.20. The Morgan fingerprint density at radius 2 is 2.14 bits per heavy atom. The van der Waals surface area contributed by atoms with Crippen LogP contribution in [0.1, 0.15) is 45.1 Å². The molecule has 1 aromatic carbocycles. The van der Waals surface area contributed by atoms with Crippen LogP contribution in [-0.2, 0) is 4.79 Å². The van der Waals surface area contributed by atoms with Gasteiger partial charge in [0.2, 0.25) is 0 Å². The van der Waals surface area contributed by atoms with Crippen LogP contribution in [0.25, 0.3) is 0 Å². The number of rotatable bonds is 9. The molecule has 118 valence electrons. The van der Waals surface area contributed by atoms with Gasteiger partial charge in [0.05, 0.1) is 0 Å². The summed E-state index contributed by atoms with van der Waals surface area (Å²) in [5.74, 6) is 1.36. The summed E-state index contributed by atoms with van der Waals surface area (Å²) in [6.45, 7) is 7.07. The van der Waals surface area contributed by atoms with Gasteiger partial charge >= 0.3 is 0 Å². The van der Waals surface area contributed by atoms with Crippen molar-refractivity contribution in [3.05, 3.63) is 29.8 Å². The van der Waals surface area contributed by atoms with Crippen molar-refractivity contribution in [1.82, 2.24) is 5.32 Å². The van der Waals surface area contributed by atoms with E-state index in [-0.39, 0.29) is 19.1 Å². The Kier molecular flexibility index (Phi) is 7.83. The van der Waals surface area contributed by atoms with Crippen LogP contribution in [0.2, 0.25) is 0 Å². The molecule has 0 spiro atoms. The van der Waals surface area contributed by atoms with Crippen molar-refractivity contribution in [2.45, 2.75) is 39.5 Å². The average molecular weight is 293 g/mol. The van der Waals surface area contributed by atoms with Gasteiger partial charge in [-0.1, -0.05) is 39.3 Å². The molecule has 0 saturated carbocycles. The Morgan fingerprint density at radius 3 is 2.76 bits per heavy atom. The van der Waals surface area contributed by atoms with Crippen molar-refractivity contribution in [1.29, 1.82) is 0 Å². The summed E-state index contributed by atoms with van der Waals surface area (Å²) < 4.78 is 5.52. The standard InChI is InChI=1S/C17H27NO3/c1-4-14(8-9-19)11-18-17(20)12-21-16-7-5-6-15(10-16)13(2)3/h5-7,10,13-14,19H,4,8-9,11-12H2,1-3H3,(H,18,20). The molecule has 0 radical (unpaired) electrons. The molecule has 4 nitrogen and oxygen atoms in total. The van der Waals surface area contributed by atoms with Gasteiger partial charge in [-0.15, -0.1) is 0 Å². The van der Waals surface area contributed by atoms with Crippen molar-refractivity contribution in [2.75, 3.05) is 19.8 Å². The highest BCUT2D eigenvalue weighted by Gasteiger charge is 2.09. The zero-order valence-corrected chi connectivity index (χ0v) is 13.3. The van der Waals surface area contributed by atoms with Gasteiger partial charge in [-0.25, -0.2) is 0 Å². The molecular weight excluding hydrogens is 266 g/mol. The zero-order valence-electron chi connectivity index (χ0n) is 13.3. The Morgan fingerprint density at radius 1 is 1.38 bits per heavy atom. The zero-order chi connectivity index (χ0) is 15.7. The molecule has 4 heteroatoms. The summed E-state index contributed by atoms with van der Waals surface area (Å²) in [4.78, 5) is 11.8. The van der Waals surface area contributed by atoms with E-state index in [0.717, 1.165) is 12.2 Å². The molecule has 2 N–H and O–H groups in total. The second-order valence-corrected chi connectivity index (χ2v) is 5.61. The van der Waals surface area contributed by atoms with E-state index < -0.39 is 0 Å². The molecule has 1 unspecified atom stereocenters. The highest BCUT2D eigenvalue weighted by molar-refractivity contribution is 5.77. The summed E-state index contributed by atoms with van der Waals surface area (Å²) in [7, 11) is 0. The number of carbonyl (C=O) groups excluding carboxylic acids is 1. The lowest BCUT2D eigenvalue weighted by Gasteiger charge is -2.15. The fourth-order valence-corrected chi connectivity index (χ4v) is 2.05. The van der Waals surface area contributed by atoms with Gasteiger partial charge in [-0.05, 0) is 36.0 Å². The van der Waals surface area contributed by atoms with Gasteiger partial charge in [-0.3, -0.25) is 4.79 Å². The molecule has 0 aliphatic heterocycles. The molecule has 0 heterocycles. The smallest absolute Gasteiger partial charge is 0.257 e. The van der Waals surface area contributed by atoms with E-state index in [0.29, 0.717) is 24.8 Å². The van der Waals surface area contributed by atoms with Gasteiger partial charge in [0.1, 0.15) is 5.75 Å². The maximum atomic E-state index is 11.8. The number of ether oxygens (including phenoxy) is 1. The molecule has 1 aromatic rings. The highest BCUT2D eigenvalue weighted by atomic mass is 16.5. The van der Waals surface area contributed by atoms with E-state index in [4.69, 9.17) is 9.84 Å². The van der Waals surface area contributed by atoms with Gasteiger partial charge < -0.3 is 15.2 Å². The van der Waals surface area contributed by atoms with E-state index in [1.807, 2.05) is 18.2 Å². The van der Waals surface area contributed by atoms with E-state index in [9.17, 15) is 4.79 Å². The van der Waals surface area contributed by atoms with Crippen LogP contribution in [0.15, 0.2) is 24.3 Å². The Bertz CT molecular complexity index is 432. The summed E-state index contributed by atoms with van der Waals surface area (Å²) in [6, 6.07) is 7.83. The number of nitrogens with one attached hydrogen (secondary N) is 1. The predicted octanol–water partition coefficient (Wildman–Crippen LogP) is 2.71. The molecule has 1 atom stereocenters. The number of aliphatic hydroxyl groups excluding tert-OH is 1. The third-order valence-electron chi connectivity index (χ3n) is 3.60. The van der Waals surface area contributed by atoms with E-state index in [1.165, 1.54) is 5.56 Å². The summed E-state index contributed by atoms with van der Waals surface area (Å²) in [5, 5.41) is 11.8. The first-order chi connectivity index (χ1) is 10.1. The molecule has 0 fully saturated rings. The number of carbonyl (C=O) groups is 1. The summed E-state index contributed by atoms with van der Waals surface area (Å²) in [6.07, 6.45) is 1.66. The predicted molar refractivity (Wildman–Crippen MR) is 84.5 cm³/mol. The normalized spacial score (nSPS) is 12.2. The quantitative estimate of drug-likeness (QED) is 0.736. The second-order valence-electron chi connectivity index (χ2n) is 5.61. The van der Waals surface area contributed by atoms with Gasteiger partial charge in [-0.2, -0.15) is 0 Å². The van der Waals surface area contributed by atoms with E-state index in [2.05, 4.69) is 32.2 Å².